The zero-order valence-electron chi connectivity index (χ0n) is 18.2. The summed E-state index contributed by atoms with van der Waals surface area (Å²) in [7, 11) is 0. The number of ether oxygens (including phenoxy) is 1. The van der Waals surface area contributed by atoms with Crippen LogP contribution in [0.4, 0.5) is 0 Å². The molecule has 0 saturated heterocycles. The Balaban J connectivity index is 1.43. The lowest BCUT2D eigenvalue weighted by atomic mass is 9.47. The molecule has 0 aromatic rings. The molecule has 156 valence electrons. The van der Waals surface area contributed by atoms with Crippen molar-refractivity contribution in [2.75, 3.05) is 6.61 Å². The predicted molar refractivity (Wildman–Crippen MR) is 113 cm³/mol. The summed E-state index contributed by atoms with van der Waals surface area (Å²) in [5.41, 5.74) is 1.36. The monoisotopic (exact) mass is 376 g/mol. The van der Waals surface area contributed by atoms with E-state index in [1.165, 1.54) is 89.9 Å². The highest BCUT2D eigenvalue weighted by atomic mass is 16.5. The molecule has 4 aliphatic carbocycles. The number of fused-ring (bicyclic) bond motifs is 3. The topological polar surface area (TPSA) is 26.3 Å². The van der Waals surface area contributed by atoms with Gasteiger partial charge in [0.15, 0.2) is 0 Å². The van der Waals surface area contributed by atoms with Crippen molar-refractivity contribution in [3.05, 3.63) is 0 Å². The molecule has 4 fully saturated rings. The van der Waals surface area contributed by atoms with Crippen LogP contribution in [0.3, 0.4) is 0 Å². The molecule has 0 spiro atoms. The SMILES string of the molecule is CCCCCCCC12CCC([C@H]3CC[C@H](C(=O)OCCC)CC3)(CC1)CC2. The van der Waals surface area contributed by atoms with Crippen molar-refractivity contribution in [1.82, 2.24) is 0 Å². The van der Waals surface area contributed by atoms with Crippen LogP contribution in [0, 0.1) is 22.7 Å². The fourth-order valence-electron chi connectivity index (χ4n) is 6.65. The number of carbonyl (C=O) groups is 1. The largest absolute Gasteiger partial charge is 0.465 e. The summed E-state index contributed by atoms with van der Waals surface area (Å²) < 4.78 is 5.41. The maximum absolute atomic E-state index is 12.2. The Morgan fingerprint density at radius 2 is 1.44 bits per heavy atom. The minimum atomic E-state index is 0.0854. The second-order valence-corrected chi connectivity index (χ2v) is 10.2. The number of rotatable bonds is 10. The zero-order chi connectivity index (χ0) is 19.2. The summed E-state index contributed by atoms with van der Waals surface area (Å²) in [5, 5.41) is 0. The van der Waals surface area contributed by atoms with Crippen molar-refractivity contribution < 1.29 is 9.53 Å². The van der Waals surface area contributed by atoms with Gasteiger partial charge in [-0.1, -0.05) is 46.0 Å². The fourth-order valence-corrected chi connectivity index (χ4v) is 6.65. The third kappa shape index (κ3) is 5.10. The van der Waals surface area contributed by atoms with E-state index in [0.717, 1.165) is 30.6 Å². The molecule has 4 saturated carbocycles. The average molecular weight is 377 g/mol. The highest BCUT2D eigenvalue weighted by Crippen LogP contribution is 2.63. The van der Waals surface area contributed by atoms with Crippen molar-refractivity contribution in [2.24, 2.45) is 22.7 Å². The third-order valence-corrected chi connectivity index (χ3v) is 8.65. The molecule has 4 rings (SSSR count). The molecule has 0 amide bonds. The van der Waals surface area contributed by atoms with E-state index in [1.54, 1.807) is 0 Å². The molecule has 0 N–H and O–H groups in total. The van der Waals surface area contributed by atoms with E-state index in [1.807, 2.05) is 0 Å². The zero-order valence-corrected chi connectivity index (χ0v) is 18.2. The Hall–Kier alpha value is -0.530. The maximum Gasteiger partial charge on any atom is 0.308 e. The van der Waals surface area contributed by atoms with Gasteiger partial charge in [-0.05, 0) is 93.8 Å². The molecule has 4 aliphatic rings. The molecule has 2 bridgehead atoms. The highest BCUT2D eigenvalue weighted by molar-refractivity contribution is 5.72. The van der Waals surface area contributed by atoms with Gasteiger partial charge in [-0.3, -0.25) is 4.79 Å². The Morgan fingerprint density at radius 1 is 0.815 bits per heavy atom. The molecular formula is C25H44O2. The summed E-state index contributed by atoms with van der Waals surface area (Å²) in [6, 6.07) is 0. The summed E-state index contributed by atoms with van der Waals surface area (Å²) in [6.45, 7) is 4.98. The molecule has 27 heavy (non-hydrogen) atoms. The highest BCUT2D eigenvalue weighted by Gasteiger charge is 2.51. The van der Waals surface area contributed by atoms with E-state index in [4.69, 9.17) is 4.74 Å². The van der Waals surface area contributed by atoms with Gasteiger partial charge in [-0.2, -0.15) is 0 Å². The van der Waals surface area contributed by atoms with Crippen LogP contribution in [0.15, 0.2) is 0 Å². The third-order valence-electron chi connectivity index (χ3n) is 8.65. The normalized spacial score (nSPS) is 35.9. The lowest BCUT2D eigenvalue weighted by Crippen LogP contribution is -2.46. The second-order valence-electron chi connectivity index (χ2n) is 10.2. The van der Waals surface area contributed by atoms with E-state index >= 15 is 0 Å². The van der Waals surface area contributed by atoms with Crippen LogP contribution < -0.4 is 0 Å². The van der Waals surface area contributed by atoms with E-state index in [9.17, 15) is 4.79 Å². The van der Waals surface area contributed by atoms with Crippen LogP contribution in [-0.4, -0.2) is 12.6 Å². The van der Waals surface area contributed by atoms with Gasteiger partial charge in [0.2, 0.25) is 0 Å². The van der Waals surface area contributed by atoms with Crippen molar-refractivity contribution in [2.45, 2.75) is 123 Å². The average Bonchev–Trinajstić information content (AvgIpc) is 2.73. The Kier molecular flexibility index (Phi) is 7.68. The van der Waals surface area contributed by atoms with Gasteiger partial charge >= 0.3 is 5.97 Å². The smallest absolute Gasteiger partial charge is 0.308 e. The first-order valence-electron chi connectivity index (χ1n) is 12.3. The van der Waals surface area contributed by atoms with Crippen molar-refractivity contribution in [3.8, 4) is 0 Å². The Labute approximate surface area is 168 Å². The molecule has 0 radical (unpaired) electrons. The van der Waals surface area contributed by atoms with Crippen LogP contribution >= 0.6 is 0 Å². The van der Waals surface area contributed by atoms with Gasteiger partial charge in [-0.15, -0.1) is 0 Å². The number of esters is 1. The van der Waals surface area contributed by atoms with E-state index < -0.39 is 0 Å². The Bertz CT molecular complexity index is 436. The second kappa shape index (κ2) is 9.79. The number of unbranched alkanes of at least 4 members (excludes halogenated alkanes) is 4. The van der Waals surface area contributed by atoms with E-state index in [0.29, 0.717) is 12.0 Å². The van der Waals surface area contributed by atoms with Crippen LogP contribution in [-0.2, 0) is 9.53 Å². The molecule has 0 unspecified atom stereocenters. The number of hydrogen-bond acceptors (Lipinski definition) is 2. The summed E-state index contributed by atoms with van der Waals surface area (Å²) in [6.07, 6.45) is 23.2. The van der Waals surface area contributed by atoms with Crippen LogP contribution in [0.1, 0.15) is 123 Å². The van der Waals surface area contributed by atoms with Gasteiger partial charge in [0.05, 0.1) is 12.5 Å². The van der Waals surface area contributed by atoms with Gasteiger partial charge in [-0.25, -0.2) is 0 Å². The van der Waals surface area contributed by atoms with E-state index in [2.05, 4.69) is 13.8 Å². The lowest BCUT2D eigenvalue weighted by Gasteiger charge is -2.58. The molecular weight excluding hydrogens is 332 g/mol. The molecule has 2 nitrogen and oxygen atoms in total. The van der Waals surface area contributed by atoms with Gasteiger partial charge < -0.3 is 4.74 Å². The molecule has 0 atom stereocenters. The molecule has 0 aliphatic heterocycles. The molecule has 0 heterocycles. The minimum absolute atomic E-state index is 0.0854. The van der Waals surface area contributed by atoms with Gasteiger partial charge in [0, 0.05) is 0 Å². The van der Waals surface area contributed by atoms with Gasteiger partial charge in [0.25, 0.3) is 0 Å². The van der Waals surface area contributed by atoms with Crippen molar-refractivity contribution in [1.29, 1.82) is 0 Å². The van der Waals surface area contributed by atoms with E-state index in [-0.39, 0.29) is 11.9 Å². The van der Waals surface area contributed by atoms with Crippen molar-refractivity contribution in [3.63, 3.8) is 0 Å². The lowest BCUT2D eigenvalue weighted by molar-refractivity contribution is -0.151. The predicted octanol–water partition coefficient (Wildman–Crippen LogP) is 7.45. The van der Waals surface area contributed by atoms with Crippen molar-refractivity contribution >= 4 is 5.97 Å². The van der Waals surface area contributed by atoms with Gasteiger partial charge in [0.1, 0.15) is 0 Å². The molecule has 0 aromatic carbocycles. The first-order valence-corrected chi connectivity index (χ1v) is 12.3. The maximum atomic E-state index is 12.2. The molecule has 0 aromatic heterocycles. The number of hydrogen-bond donors (Lipinski definition) is 0. The number of carbonyl (C=O) groups excluding carboxylic acids is 1. The molecule has 2 heteroatoms. The Morgan fingerprint density at radius 3 is 2.04 bits per heavy atom. The quantitative estimate of drug-likeness (QED) is 0.292. The van der Waals surface area contributed by atoms with Crippen LogP contribution in [0.5, 0.6) is 0 Å². The standard InChI is InChI=1S/C25H44O2/c1-3-5-6-7-8-13-24-14-17-25(18-15-24,19-16-24)22-11-9-21(10-12-22)23(26)27-20-4-2/h21-22H,3-20H2,1-2H3/t21-,22-,24?,25?. The summed E-state index contributed by atoms with van der Waals surface area (Å²) in [5.74, 6) is 1.16. The first kappa shape index (κ1) is 21.2. The summed E-state index contributed by atoms with van der Waals surface area (Å²) in [4.78, 5) is 12.2. The minimum Gasteiger partial charge on any atom is -0.465 e. The first-order chi connectivity index (χ1) is 13.1. The summed E-state index contributed by atoms with van der Waals surface area (Å²) >= 11 is 0. The van der Waals surface area contributed by atoms with Crippen LogP contribution in [0.25, 0.3) is 0 Å². The fraction of sp³-hybridized carbons (Fsp3) is 0.960. The van der Waals surface area contributed by atoms with Crippen LogP contribution in [0.2, 0.25) is 0 Å².